The molecule has 4 heavy (non-hydrogen) atoms. The van der Waals surface area contributed by atoms with Crippen molar-refractivity contribution in [3.05, 3.63) is 0 Å². The molecule has 0 spiro atoms. The van der Waals surface area contributed by atoms with E-state index in [0.717, 1.165) is 0 Å². The monoisotopic (exact) mass is 75.0 g/mol. The molecule has 0 rings (SSSR count). The van der Waals surface area contributed by atoms with E-state index in [1.54, 1.807) is 0 Å². The molecule has 0 aliphatic carbocycles. The van der Waals surface area contributed by atoms with E-state index in [1.165, 1.54) is 0 Å². The van der Waals surface area contributed by atoms with Crippen molar-refractivity contribution in [3.8, 4) is 0 Å². The van der Waals surface area contributed by atoms with Crippen LogP contribution in [0.3, 0.4) is 0 Å². The van der Waals surface area contributed by atoms with E-state index >= 15 is 0 Å². The van der Waals surface area contributed by atoms with Gasteiger partial charge in [0.05, 0.1) is 0 Å². The van der Waals surface area contributed by atoms with E-state index < -0.39 is 0 Å². The van der Waals surface area contributed by atoms with Crippen LogP contribution in [-0.2, 0) is 0 Å². The first-order chi connectivity index (χ1) is 0. The smallest absolute Gasteiger partial charge is 0.870 e. The zero-order chi connectivity index (χ0) is 0. The molecule has 0 amide bonds. The normalized spacial score (nSPS) is 0. The predicted molar refractivity (Wildman–Crippen MR) is 11.6 cm³/mol. The van der Waals surface area contributed by atoms with Crippen LogP contribution in [0, 0.1) is 0 Å². The number of rotatable bonds is 0. The van der Waals surface area contributed by atoms with Gasteiger partial charge < -0.3 is 16.4 Å². The zero-order valence-corrected chi connectivity index (χ0v) is 3.46. The van der Waals surface area contributed by atoms with Gasteiger partial charge in [-0.25, -0.2) is 0 Å². The van der Waals surface area contributed by atoms with E-state index in [2.05, 4.69) is 0 Å². The van der Waals surface area contributed by atoms with Gasteiger partial charge in [-0.15, -0.1) is 0 Å². The van der Waals surface area contributed by atoms with Gasteiger partial charge in [0, 0.05) is 0 Å². The van der Waals surface area contributed by atoms with E-state index in [0.29, 0.717) is 0 Å². The molecule has 24 valence electrons. The minimum absolute atomic E-state index is 0. The minimum Gasteiger partial charge on any atom is -0.870 e. The SMILES string of the molecule is [Mg+2].[OH-].[OH-].[OH-]. The Morgan fingerprint density at radius 3 is 0.500 bits per heavy atom. The van der Waals surface area contributed by atoms with Crippen LogP contribution in [0.5, 0.6) is 0 Å². The van der Waals surface area contributed by atoms with Crippen LogP contribution >= 0.6 is 0 Å². The van der Waals surface area contributed by atoms with Crippen LogP contribution in [-0.4, -0.2) is 39.5 Å². The van der Waals surface area contributed by atoms with Crippen molar-refractivity contribution in [2.45, 2.75) is 0 Å². The van der Waals surface area contributed by atoms with Crippen molar-refractivity contribution < 1.29 is 16.4 Å². The van der Waals surface area contributed by atoms with Crippen molar-refractivity contribution in [3.63, 3.8) is 0 Å². The predicted octanol–water partition coefficient (Wildman–Crippen LogP) is -0.911. The maximum atomic E-state index is 0. The quantitative estimate of drug-likeness (QED) is 0.349. The van der Waals surface area contributed by atoms with E-state index in [-0.39, 0.29) is 39.5 Å². The third-order valence-electron chi connectivity index (χ3n) is 0. The maximum absolute atomic E-state index is 0. The van der Waals surface area contributed by atoms with Crippen molar-refractivity contribution in [1.82, 2.24) is 0 Å². The summed E-state index contributed by atoms with van der Waals surface area (Å²) in [5.74, 6) is 0. The van der Waals surface area contributed by atoms with Gasteiger partial charge in [-0.2, -0.15) is 0 Å². The first kappa shape index (κ1) is 148. The minimum atomic E-state index is 0. The van der Waals surface area contributed by atoms with Gasteiger partial charge in [-0.1, -0.05) is 0 Å². The Morgan fingerprint density at radius 2 is 0.500 bits per heavy atom. The summed E-state index contributed by atoms with van der Waals surface area (Å²) in [5.41, 5.74) is 0. The fraction of sp³-hybridized carbons (Fsp3) is 0. The van der Waals surface area contributed by atoms with Crippen LogP contribution in [0.15, 0.2) is 0 Å². The Labute approximate surface area is 40.1 Å². The summed E-state index contributed by atoms with van der Waals surface area (Å²) in [7, 11) is 0. The third-order valence-corrected chi connectivity index (χ3v) is 0. The van der Waals surface area contributed by atoms with Gasteiger partial charge >= 0.3 is 23.1 Å². The van der Waals surface area contributed by atoms with E-state index in [4.69, 9.17) is 0 Å². The molecule has 0 saturated heterocycles. The van der Waals surface area contributed by atoms with Crippen LogP contribution < -0.4 is 0 Å². The first-order valence-corrected chi connectivity index (χ1v) is 0. The maximum Gasteiger partial charge on any atom is 2.00 e. The molecule has 0 aromatic rings. The van der Waals surface area contributed by atoms with Crippen LogP contribution in [0.4, 0.5) is 0 Å². The molecule has 0 aliphatic rings. The molecular weight excluding hydrogens is 72.3 g/mol. The summed E-state index contributed by atoms with van der Waals surface area (Å²) < 4.78 is 0. The standard InChI is InChI=1S/Mg.3H2O/h;3*1H2/q+2;;;/p-3. The molecule has 0 saturated carbocycles. The fourth-order valence-corrected chi connectivity index (χ4v) is 0. The van der Waals surface area contributed by atoms with Gasteiger partial charge in [-0.05, 0) is 0 Å². The molecule has 4 heteroatoms. The third kappa shape index (κ3) is 17.2. The Bertz CT molecular complexity index is 3.25. The summed E-state index contributed by atoms with van der Waals surface area (Å²) in [6, 6.07) is 0. The van der Waals surface area contributed by atoms with Gasteiger partial charge in [-0.3, -0.25) is 0 Å². The summed E-state index contributed by atoms with van der Waals surface area (Å²) in [6.45, 7) is 0. The summed E-state index contributed by atoms with van der Waals surface area (Å²) >= 11 is 0. The Balaban J connectivity index is 0. The molecule has 0 aromatic heterocycles. The van der Waals surface area contributed by atoms with Crippen LogP contribution in [0.1, 0.15) is 0 Å². The Morgan fingerprint density at radius 1 is 0.500 bits per heavy atom. The molecule has 0 bridgehead atoms. The molecule has 0 aliphatic heterocycles. The van der Waals surface area contributed by atoms with Gasteiger partial charge in [0.2, 0.25) is 0 Å². The molecule has 0 unspecified atom stereocenters. The number of hydrogen-bond donors (Lipinski definition) is 0. The van der Waals surface area contributed by atoms with Crippen LogP contribution in [0.2, 0.25) is 0 Å². The van der Waals surface area contributed by atoms with Crippen molar-refractivity contribution in [1.29, 1.82) is 0 Å². The molecule has 0 aromatic carbocycles. The summed E-state index contributed by atoms with van der Waals surface area (Å²) in [6.07, 6.45) is 0. The molecule has 3 nitrogen and oxygen atoms in total. The van der Waals surface area contributed by atoms with E-state index in [9.17, 15) is 0 Å². The molecule has 0 radical (unpaired) electrons. The second-order valence-electron chi connectivity index (χ2n) is 0. The summed E-state index contributed by atoms with van der Waals surface area (Å²) in [4.78, 5) is 0. The van der Waals surface area contributed by atoms with Crippen molar-refractivity contribution >= 4 is 23.1 Å². The van der Waals surface area contributed by atoms with Crippen molar-refractivity contribution in [2.24, 2.45) is 0 Å². The van der Waals surface area contributed by atoms with Crippen molar-refractivity contribution in [2.75, 3.05) is 0 Å². The Hall–Kier alpha value is 0.646. The van der Waals surface area contributed by atoms with E-state index in [1.807, 2.05) is 0 Å². The second-order valence-corrected chi connectivity index (χ2v) is 0. The Kier molecular flexibility index (Phi) is 2260. The zero-order valence-electron chi connectivity index (χ0n) is 2.05. The number of hydrogen-bond acceptors (Lipinski definition) is 3. The fourth-order valence-electron chi connectivity index (χ4n) is 0. The van der Waals surface area contributed by atoms with Gasteiger partial charge in [0.25, 0.3) is 0 Å². The molecule has 0 heterocycles. The molecule has 0 fully saturated rings. The molecule has 3 N–H and O–H groups in total. The van der Waals surface area contributed by atoms with Crippen LogP contribution in [0.25, 0.3) is 0 Å². The topological polar surface area (TPSA) is 90.0 Å². The molecule has 0 atom stereocenters. The van der Waals surface area contributed by atoms with Gasteiger partial charge in [0.1, 0.15) is 0 Å². The largest absolute Gasteiger partial charge is 2.00 e. The average Bonchev–Trinajstić information content (AvgIpc) is 0. The van der Waals surface area contributed by atoms with Gasteiger partial charge in [0.15, 0.2) is 0 Å². The molecular formula is H3MgO3-. The average molecular weight is 75.3 g/mol. The summed E-state index contributed by atoms with van der Waals surface area (Å²) in [5, 5.41) is 0. The second kappa shape index (κ2) is 61.1. The first-order valence-electron chi connectivity index (χ1n) is 0.